The number of nitro groups is 2. The zero-order valence-corrected chi connectivity index (χ0v) is 18.2. The Morgan fingerprint density at radius 1 is 0.875 bits per heavy atom. The van der Waals surface area contributed by atoms with E-state index in [0.29, 0.717) is 36.4 Å². The van der Waals surface area contributed by atoms with E-state index in [0.717, 1.165) is 25.7 Å². The highest BCUT2D eigenvalue weighted by Crippen LogP contribution is 2.31. The highest BCUT2D eigenvalue weighted by atomic mass is 16.6. The molecule has 0 atom stereocenters. The summed E-state index contributed by atoms with van der Waals surface area (Å²) in [5, 5.41) is 22.5. The highest BCUT2D eigenvalue weighted by molar-refractivity contribution is 6.32. The minimum Gasteiger partial charge on any atom is -0.281 e. The molecule has 0 amide bonds. The van der Waals surface area contributed by atoms with Crippen LogP contribution in [0.3, 0.4) is 0 Å². The summed E-state index contributed by atoms with van der Waals surface area (Å²) < 4.78 is 0. The van der Waals surface area contributed by atoms with Gasteiger partial charge in [-0.1, -0.05) is 38.8 Å². The van der Waals surface area contributed by atoms with Crippen LogP contribution in [-0.4, -0.2) is 39.8 Å². The molecule has 1 fully saturated rings. The molecule has 1 aliphatic heterocycles. The summed E-state index contributed by atoms with van der Waals surface area (Å²) in [5.41, 5.74) is 0.923. The molecule has 0 spiro atoms. The predicted octanol–water partition coefficient (Wildman–Crippen LogP) is 5.27. The fourth-order valence-electron chi connectivity index (χ4n) is 3.26. The van der Waals surface area contributed by atoms with E-state index in [2.05, 4.69) is 18.8 Å². The van der Waals surface area contributed by atoms with Crippen molar-refractivity contribution in [3.8, 4) is 0 Å². The number of anilines is 1. The molecule has 32 heavy (non-hydrogen) atoms. The van der Waals surface area contributed by atoms with E-state index >= 15 is 0 Å². The number of non-ortho nitro benzene ring substituents is 2. The third-order valence-electron chi connectivity index (χ3n) is 4.95. The van der Waals surface area contributed by atoms with E-state index in [-0.39, 0.29) is 11.4 Å². The molecule has 0 radical (unpaired) electrons. The van der Waals surface area contributed by atoms with Crippen LogP contribution in [-0.2, 0) is 0 Å². The van der Waals surface area contributed by atoms with Gasteiger partial charge in [0, 0.05) is 37.4 Å². The van der Waals surface area contributed by atoms with Crippen LogP contribution in [0.2, 0.25) is 0 Å². The third kappa shape index (κ3) is 5.08. The van der Waals surface area contributed by atoms with Crippen molar-refractivity contribution in [3.05, 3.63) is 68.8 Å². The summed E-state index contributed by atoms with van der Waals surface area (Å²) >= 11 is 0. The van der Waals surface area contributed by atoms with E-state index < -0.39 is 9.85 Å². The lowest BCUT2D eigenvalue weighted by atomic mass is 10.2. The normalized spacial score (nSPS) is 15.8. The van der Waals surface area contributed by atoms with Crippen molar-refractivity contribution in [2.45, 2.75) is 39.5 Å². The number of unbranched alkanes of at least 4 members (excludes halogenated alkanes) is 2. The van der Waals surface area contributed by atoms with Crippen molar-refractivity contribution in [2.75, 3.05) is 18.0 Å². The molecule has 2 aromatic rings. The zero-order valence-electron chi connectivity index (χ0n) is 18.2. The van der Waals surface area contributed by atoms with E-state index in [9.17, 15) is 20.2 Å². The predicted molar refractivity (Wildman–Crippen MR) is 125 cm³/mol. The van der Waals surface area contributed by atoms with Gasteiger partial charge in [-0.05, 0) is 25.0 Å². The van der Waals surface area contributed by atoms with Gasteiger partial charge in [0.15, 0.2) is 0 Å². The number of hydrogen-bond acceptors (Lipinski definition) is 6. The molecule has 0 bridgehead atoms. The highest BCUT2D eigenvalue weighted by Gasteiger charge is 2.40. The van der Waals surface area contributed by atoms with Crippen molar-refractivity contribution in [1.82, 2.24) is 4.90 Å². The Morgan fingerprint density at radius 3 is 2.19 bits per heavy atom. The van der Waals surface area contributed by atoms with Gasteiger partial charge in [0.2, 0.25) is 11.9 Å². The number of rotatable bonds is 10. The molecule has 0 aromatic heterocycles. The molecule has 10 nitrogen and oxygen atoms in total. The van der Waals surface area contributed by atoms with E-state index in [1.54, 1.807) is 29.2 Å². The van der Waals surface area contributed by atoms with Crippen LogP contribution in [0.15, 0.2) is 58.5 Å². The van der Waals surface area contributed by atoms with Crippen molar-refractivity contribution in [1.29, 1.82) is 0 Å². The second-order valence-electron chi connectivity index (χ2n) is 7.34. The van der Waals surface area contributed by atoms with Gasteiger partial charge in [-0.3, -0.25) is 30.1 Å². The Labute approximate surface area is 186 Å². The fraction of sp³-hybridized carbons (Fsp3) is 0.364. The number of hydrogen-bond donors (Lipinski definition) is 0. The summed E-state index contributed by atoms with van der Waals surface area (Å²) in [6.45, 7) is 5.48. The first-order valence-corrected chi connectivity index (χ1v) is 10.7. The second kappa shape index (κ2) is 10.5. The maximum absolute atomic E-state index is 11.3. The van der Waals surface area contributed by atoms with Gasteiger partial charge in [0.1, 0.15) is 0 Å². The van der Waals surface area contributed by atoms with Crippen LogP contribution in [0.1, 0.15) is 39.5 Å². The smallest absolute Gasteiger partial charge is 0.271 e. The molecule has 1 aliphatic rings. The Bertz CT molecular complexity index is 1050. The van der Waals surface area contributed by atoms with Gasteiger partial charge in [0.05, 0.1) is 21.2 Å². The van der Waals surface area contributed by atoms with Crippen LogP contribution < -0.4 is 4.90 Å². The minimum atomic E-state index is -0.463. The minimum absolute atomic E-state index is 0.0304. The largest absolute Gasteiger partial charge is 0.281 e. The molecule has 0 aliphatic carbocycles. The standard InChI is InChI=1S/C22H26N6O4/c1-3-5-13-23-21-25(14-6-4-2)22(24-17-9-7-11-19(15-17)27(29)30)26(21)18-10-8-12-20(16-18)28(31)32/h7-12,15-16H,3-6,13-14H2,1-2H3. The van der Waals surface area contributed by atoms with Crippen molar-refractivity contribution in [2.24, 2.45) is 9.98 Å². The quantitative estimate of drug-likeness (QED) is 0.283. The second-order valence-corrected chi connectivity index (χ2v) is 7.34. The number of nitrogens with zero attached hydrogens (tertiary/aromatic N) is 6. The summed E-state index contributed by atoms with van der Waals surface area (Å²) in [7, 11) is 0. The molecule has 0 unspecified atom stereocenters. The summed E-state index contributed by atoms with van der Waals surface area (Å²) in [4.78, 5) is 34.7. The summed E-state index contributed by atoms with van der Waals surface area (Å²) in [6, 6.07) is 12.4. The summed E-state index contributed by atoms with van der Waals surface area (Å²) in [5.74, 6) is 1.21. The topological polar surface area (TPSA) is 117 Å². The first-order valence-electron chi connectivity index (χ1n) is 10.7. The molecule has 10 heteroatoms. The van der Waals surface area contributed by atoms with Crippen molar-refractivity contribution >= 4 is 34.7 Å². The molecule has 1 saturated heterocycles. The molecule has 3 rings (SSSR count). The van der Waals surface area contributed by atoms with Gasteiger partial charge in [0.25, 0.3) is 11.4 Å². The van der Waals surface area contributed by atoms with Gasteiger partial charge in [-0.25, -0.2) is 9.89 Å². The van der Waals surface area contributed by atoms with Crippen LogP contribution in [0.25, 0.3) is 0 Å². The zero-order chi connectivity index (χ0) is 23.1. The summed E-state index contributed by atoms with van der Waals surface area (Å²) in [6.07, 6.45) is 3.80. The number of benzene rings is 2. The number of guanidine groups is 2. The lowest BCUT2D eigenvalue weighted by Crippen LogP contribution is -2.66. The molecule has 1 heterocycles. The van der Waals surface area contributed by atoms with Gasteiger partial charge in [-0.2, -0.15) is 0 Å². The lowest BCUT2D eigenvalue weighted by Gasteiger charge is -2.46. The Hall–Kier alpha value is -3.82. The molecular formula is C22H26N6O4. The molecule has 168 valence electrons. The van der Waals surface area contributed by atoms with Crippen LogP contribution in [0.4, 0.5) is 22.7 Å². The lowest BCUT2D eigenvalue weighted by molar-refractivity contribution is -0.385. The fourth-order valence-corrected chi connectivity index (χ4v) is 3.26. The Morgan fingerprint density at radius 2 is 1.53 bits per heavy atom. The molecule has 2 aromatic carbocycles. The number of nitro benzene ring substituents is 2. The molecular weight excluding hydrogens is 412 g/mol. The van der Waals surface area contributed by atoms with E-state index in [1.807, 2.05) is 4.90 Å². The van der Waals surface area contributed by atoms with Gasteiger partial charge >= 0.3 is 0 Å². The average Bonchev–Trinajstić information content (AvgIpc) is 2.78. The third-order valence-corrected chi connectivity index (χ3v) is 4.95. The van der Waals surface area contributed by atoms with Crippen LogP contribution in [0, 0.1) is 20.2 Å². The van der Waals surface area contributed by atoms with Crippen LogP contribution >= 0.6 is 0 Å². The van der Waals surface area contributed by atoms with Gasteiger partial charge in [-0.15, -0.1) is 0 Å². The SMILES string of the molecule is CCCCN=C1N(CCCC)C(=Nc2cccc([N+](=O)[O-])c2)N1c1cccc([N+](=O)[O-])c1. The van der Waals surface area contributed by atoms with E-state index in [4.69, 9.17) is 4.99 Å². The van der Waals surface area contributed by atoms with E-state index in [1.165, 1.54) is 24.3 Å². The molecule has 0 saturated carbocycles. The first kappa shape index (κ1) is 22.9. The Kier molecular flexibility index (Phi) is 7.48. The molecule has 0 N–H and O–H groups in total. The average molecular weight is 438 g/mol. The van der Waals surface area contributed by atoms with Gasteiger partial charge < -0.3 is 0 Å². The first-order chi connectivity index (χ1) is 15.5. The van der Waals surface area contributed by atoms with Crippen molar-refractivity contribution in [3.63, 3.8) is 0 Å². The monoisotopic (exact) mass is 438 g/mol. The van der Waals surface area contributed by atoms with Crippen molar-refractivity contribution < 1.29 is 9.85 Å². The maximum Gasteiger partial charge on any atom is 0.271 e. The Balaban J connectivity index is 2.07. The number of aliphatic imine (C=N–C) groups is 2. The maximum atomic E-state index is 11.3. The van der Waals surface area contributed by atoms with Crippen LogP contribution in [0.5, 0.6) is 0 Å².